The van der Waals surface area contributed by atoms with E-state index >= 15 is 0 Å². The first-order chi connectivity index (χ1) is 10.3. The number of aliphatic hydroxyl groups excluding tert-OH is 1. The highest BCUT2D eigenvalue weighted by Crippen LogP contribution is 2.14. The summed E-state index contributed by atoms with van der Waals surface area (Å²) < 4.78 is 5.69. The van der Waals surface area contributed by atoms with Crippen LogP contribution >= 0.6 is 0 Å². The van der Waals surface area contributed by atoms with Crippen LogP contribution in [0, 0.1) is 0 Å². The highest BCUT2D eigenvalue weighted by molar-refractivity contribution is 5.95. The van der Waals surface area contributed by atoms with Crippen molar-refractivity contribution in [3.8, 4) is 5.75 Å². The van der Waals surface area contributed by atoms with Crippen LogP contribution in [0.2, 0.25) is 0 Å². The van der Waals surface area contributed by atoms with Gasteiger partial charge in [0.2, 0.25) is 0 Å². The predicted molar refractivity (Wildman–Crippen MR) is 81.3 cm³/mol. The molecule has 0 aliphatic rings. The topological polar surface area (TPSA) is 58.6 Å². The third-order valence-electron chi connectivity index (χ3n) is 3.02. The zero-order valence-corrected chi connectivity index (χ0v) is 11.8. The summed E-state index contributed by atoms with van der Waals surface area (Å²) in [5, 5.41) is 11.5. The third kappa shape index (κ3) is 4.61. The van der Waals surface area contributed by atoms with E-state index in [2.05, 4.69) is 5.32 Å². The summed E-state index contributed by atoms with van der Waals surface area (Å²) in [5.74, 6) is 0.628. The second kappa shape index (κ2) is 8.07. The van der Waals surface area contributed by atoms with Gasteiger partial charge in [0, 0.05) is 24.3 Å². The van der Waals surface area contributed by atoms with Crippen molar-refractivity contribution in [3.05, 3.63) is 65.7 Å². The van der Waals surface area contributed by atoms with E-state index in [1.54, 1.807) is 6.07 Å². The van der Waals surface area contributed by atoms with Crippen molar-refractivity contribution in [2.45, 2.75) is 13.0 Å². The molecule has 0 saturated carbocycles. The Hall–Kier alpha value is -2.33. The maximum atomic E-state index is 12.1. The minimum absolute atomic E-state index is 0.0685. The number of hydrogen-bond donors (Lipinski definition) is 2. The number of para-hydroxylation sites is 1. The number of benzene rings is 2. The Balaban J connectivity index is 2.01. The molecule has 2 aromatic carbocycles. The van der Waals surface area contributed by atoms with Gasteiger partial charge in [-0.1, -0.05) is 36.4 Å². The average Bonchev–Trinajstić information content (AvgIpc) is 2.54. The van der Waals surface area contributed by atoms with Crippen molar-refractivity contribution in [3.63, 3.8) is 0 Å². The zero-order valence-electron chi connectivity index (χ0n) is 11.8. The summed E-state index contributed by atoms with van der Waals surface area (Å²) in [4.78, 5) is 12.1. The molecule has 0 spiro atoms. The van der Waals surface area contributed by atoms with Crippen molar-refractivity contribution in [1.29, 1.82) is 0 Å². The summed E-state index contributed by atoms with van der Waals surface area (Å²) in [6.45, 7) is 0.871. The molecule has 2 aromatic rings. The first kappa shape index (κ1) is 15.1. The first-order valence-electron chi connectivity index (χ1n) is 6.96. The number of carbonyl (C=O) groups excluding carboxylic acids is 1. The molecule has 0 unspecified atom stereocenters. The van der Waals surface area contributed by atoms with Crippen LogP contribution in [0.5, 0.6) is 5.75 Å². The van der Waals surface area contributed by atoms with Crippen LogP contribution in [0.4, 0.5) is 0 Å². The van der Waals surface area contributed by atoms with E-state index in [0.717, 1.165) is 11.3 Å². The Labute approximate surface area is 124 Å². The molecule has 0 aromatic heterocycles. The van der Waals surface area contributed by atoms with Crippen molar-refractivity contribution in [2.75, 3.05) is 13.2 Å². The molecule has 2 N–H and O–H groups in total. The molecular weight excluding hydrogens is 266 g/mol. The molecule has 1 amide bonds. The molecule has 0 saturated heterocycles. The summed E-state index contributed by atoms with van der Waals surface area (Å²) in [7, 11) is 0. The lowest BCUT2D eigenvalue weighted by Gasteiger charge is -2.11. The largest absolute Gasteiger partial charge is 0.489 e. The Morgan fingerprint density at radius 2 is 1.76 bits per heavy atom. The lowest BCUT2D eigenvalue weighted by molar-refractivity contribution is 0.0948. The smallest absolute Gasteiger partial charge is 0.251 e. The number of rotatable bonds is 7. The van der Waals surface area contributed by atoms with Gasteiger partial charge < -0.3 is 15.2 Å². The number of hydrogen-bond acceptors (Lipinski definition) is 3. The zero-order chi connectivity index (χ0) is 14.9. The van der Waals surface area contributed by atoms with Crippen LogP contribution < -0.4 is 10.1 Å². The summed E-state index contributed by atoms with van der Waals surface area (Å²) >= 11 is 0. The molecule has 0 fully saturated rings. The quantitative estimate of drug-likeness (QED) is 0.768. The third-order valence-corrected chi connectivity index (χ3v) is 3.02. The first-order valence-corrected chi connectivity index (χ1v) is 6.96. The van der Waals surface area contributed by atoms with Gasteiger partial charge in [0.15, 0.2) is 0 Å². The average molecular weight is 285 g/mol. The number of aliphatic hydroxyl groups is 1. The van der Waals surface area contributed by atoms with Crippen molar-refractivity contribution >= 4 is 5.91 Å². The molecular formula is C17H19NO3. The standard InChI is InChI=1S/C17H19NO3/c19-12-6-11-18-17(20)16-10-5-4-7-14(16)13-21-15-8-2-1-3-9-15/h1-5,7-10,19H,6,11-13H2,(H,18,20). The van der Waals surface area contributed by atoms with Gasteiger partial charge in [0.1, 0.15) is 12.4 Å². The van der Waals surface area contributed by atoms with Crippen molar-refractivity contribution in [2.24, 2.45) is 0 Å². The summed E-state index contributed by atoms with van der Waals surface area (Å²) in [5.41, 5.74) is 1.44. The molecule has 0 heterocycles. The van der Waals surface area contributed by atoms with Crippen molar-refractivity contribution in [1.82, 2.24) is 5.32 Å². The Kier molecular flexibility index (Phi) is 5.79. The number of ether oxygens (including phenoxy) is 1. The summed E-state index contributed by atoms with van der Waals surface area (Å²) in [6.07, 6.45) is 0.550. The minimum Gasteiger partial charge on any atom is -0.489 e. The van der Waals surface area contributed by atoms with E-state index in [-0.39, 0.29) is 12.5 Å². The van der Waals surface area contributed by atoms with Gasteiger partial charge in [0.25, 0.3) is 5.91 Å². The second-order valence-corrected chi connectivity index (χ2v) is 4.59. The van der Waals surface area contributed by atoms with Crippen LogP contribution in [0.25, 0.3) is 0 Å². The number of nitrogens with one attached hydrogen (secondary N) is 1. The molecule has 4 heteroatoms. The Morgan fingerprint density at radius 3 is 2.52 bits per heavy atom. The van der Waals surface area contributed by atoms with Gasteiger partial charge in [0.05, 0.1) is 0 Å². The second-order valence-electron chi connectivity index (χ2n) is 4.59. The lowest BCUT2D eigenvalue weighted by atomic mass is 10.1. The maximum absolute atomic E-state index is 12.1. The summed E-state index contributed by atoms with van der Waals surface area (Å²) in [6, 6.07) is 16.9. The maximum Gasteiger partial charge on any atom is 0.251 e. The van der Waals surface area contributed by atoms with Gasteiger partial charge in [-0.15, -0.1) is 0 Å². The molecule has 21 heavy (non-hydrogen) atoms. The van der Waals surface area contributed by atoms with E-state index in [4.69, 9.17) is 9.84 Å². The molecule has 0 aliphatic heterocycles. The van der Waals surface area contributed by atoms with Crippen molar-refractivity contribution < 1.29 is 14.6 Å². The van der Waals surface area contributed by atoms with E-state index in [1.807, 2.05) is 48.5 Å². The lowest BCUT2D eigenvalue weighted by Crippen LogP contribution is -2.26. The predicted octanol–water partition coefficient (Wildman–Crippen LogP) is 2.38. The molecule has 4 nitrogen and oxygen atoms in total. The van der Waals surface area contributed by atoms with E-state index in [9.17, 15) is 4.79 Å². The van der Waals surface area contributed by atoms with Crippen LogP contribution in [-0.4, -0.2) is 24.2 Å². The Morgan fingerprint density at radius 1 is 1.05 bits per heavy atom. The fraction of sp³-hybridized carbons (Fsp3) is 0.235. The van der Waals surface area contributed by atoms with Gasteiger partial charge in [-0.25, -0.2) is 0 Å². The molecule has 110 valence electrons. The van der Waals surface area contributed by atoms with Gasteiger partial charge in [-0.3, -0.25) is 4.79 Å². The van der Waals surface area contributed by atoms with Gasteiger partial charge >= 0.3 is 0 Å². The number of amides is 1. The molecule has 2 rings (SSSR count). The fourth-order valence-corrected chi connectivity index (χ4v) is 1.92. The van der Waals surface area contributed by atoms with E-state index in [0.29, 0.717) is 25.1 Å². The van der Waals surface area contributed by atoms with Gasteiger partial charge in [-0.05, 0) is 24.6 Å². The Bertz CT molecular complexity index is 569. The van der Waals surface area contributed by atoms with E-state index < -0.39 is 0 Å². The normalized spacial score (nSPS) is 10.1. The van der Waals surface area contributed by atoms with Gasteiger partial charge in [-0.2, -0.15) is 0 Å². The molecule has 0 atom stereocenters. The molecule has 0 bridgehead atoms. The SMILES string of the molecule is O=C(NCCCO)c1ccccc1COc1ccccc1. The van der Waals surface area contributed by atoms with Crippen LogP contribution in [0.3, 0.4) is 0 Å². The molecule has 0 radical (unpaired) electrons. The molecule has 0 aliphatic carbocycles. The van der Waals surface area contributed by atoms with Crippen LogP contribution in [0.1, 0.15) is 22.3 Å². The van der Waals surface area contributed by atoms with Crippen LogP contribution in [-0.2, 0) is 6.61 Å². The monoisotopic (exact) mass is 285 g/mol. The fourth-order valence-electron chi connectivity index (χ4n) is 1.92. The highest BCUT2D eigenvalue weighted by atomic mass is 16.5. The number of carbonyl (C=O) groups is 1. The minimum atomic E-state index is -0.143. The van der Waals surface area contributed by atoms with Crippen LogP contribution in [0.15, 0.2) is 54.6 Å². The van der Waals surface area contributed by atoms with E-state index in [1.165, 1.54) is 0 Å². The highest BCUT2D eigenvalue weighted by Gasteiger charge is 2.10.